The molecule has 12 nitrogen and oxygen atoms in total. The minimum absolute atomic E-state index is 0.0762. The van der Waals surface area contributed by atoms with Gasteiger partial charge in [-0.15, -0.1) is 0 Å². The predicted molar refractivity (Wildman–Crippen MR) is 145 cm³/mol. The zero-order valence-corrected chi connectivity index (χ0v) is 22.3. The predicted octanol–water partition coefficient (Wildman–Crippen LogP) is 4.21. The Hall–Kier alpha value is -4.56. The van der Waals surface area contributed by atoms with E-state index >= 15 is 4.39 Å². The highest BCUT2D eigenvalue weighted by atomic mass is 35.5. The van der Waals surface area contributed by atoms with Crippen molar-refractivity contribution in [1.29, 1.82) is 0 Å². The van der Waals surface area contributed by atoms with Gasteiger partial charge in [-0.2, -0.15) is 10.1 Å². The Morgan fingerprint density at radius 3 is 2.62 bits per heavy atom. The number of hydrogen-bond donors (Lipinski definition) is 3. The summed E-state index contributed by atoms with van der Waals surface area (Å²) >= 11 is 5.94. The van der Waals surface area contributed by atoms with Crippen molar-refractivity contribution in [3.8, 4) is 17.0 Å². The number of sulfonamides is 1. The van der Waals surface area contributed by atoms with Gasteiger partial charge in [0, 0.05) is 49.2 Å². The fraction of sp³-hybridized carbons (Fsp3) is 0.125. The van der Waals surface area contributed by atoms with Gasteiger partial charge < -0.3 is 15.4 Å². The summed E-state index contributed by atoms with van der Waals surface area (Å²) in [5.74, 6) is -0.361. The van der Waals surface area contributed by atoms with Crippen molar-refractivity contribution in [1.82, 2.24) is 29.7 Å². The molecule has 0 saturated carbocycles. The summed E-state index contributed by atoms with van der Waals surface area (Å²) in [7, 11) is 0.389. The third kappa shape index (κ3) is 5.24. The van der Waals surface area contributed by atoms with Crippen molar-refractivity contribution >= 4 is 55.8 Å². The average Bonchev–Trinajstić information content (AvgIpc) is 3.33. The SMILES string of the molecule is CNc1nc2nc(Nc3cnn(C)c3)ncc2cc1-c1cccc(NS(=O)(=O)c2cc(Cl)cnc2OC)c1F. The number of nitrogens with one attached hydrogen (secondary N) is 3. The van der Waals surface area contributed by atoms with Crippen molar-refractivity contribution in [3.63, 3.8) is 0 Å². The molecule has 0 aliphatic carbocycles. The Morgan fingerprint density at radius 1 is 1.08 bits per heavy atom. The molecule has 5 aromatic rings. The zero-order chi connectivity index (χ0) is 27.7. The molecule has 0 fully saturated rings. The van der Waals surface area contributed by atoms with Crippen molar-refractivity contribution < 1.29 is 17.5 Å². The normalized spacial score (nSPS) is 11.4. The molecular weight excluding hydrogens is 549 g/mol. The molecule has 0 spiro atoms. The van der Waals surface area contributed by atoms with Crippen molar-refractivity contribution in [3.05, 3.63) is 66.0 Å². The second-order valence-corrected chi connectivity index (χ2v) is 10.3. The maximum Gasteiger partial charge on any atom is 0.267 e. The third-order valence-electron chi connectivity index (χ3n) is 5.57. The van der Waals surface area contributed by atoms with Gasteiger partial charge in [0.05, 0.1) is 29.7 Å². The summed E-state index contributed by atoms with van der Waals surface area (Å²) in [4.78, 5) is 16.8. The van der Waals surface area contributed by atoms with Crippen LogP contribution in [0.5, 0.6) is 5.88 Å². The van der Waals surface area contributed by atoms with Crippen LogP contribution in [0, 0.1) is 5.82 Å². The molecule has 1 aromatic carbocycles. The van der Waals surface area contributed by atoms with Crippen molar-refractivity contribution in [2.24, 2.45) is 7.05 Å². The van der Waals surface area contributed by atoms with E-state index in [1.165, 1.54) is 37.6 Å². The average molecular weight is 570 g/mol. The lowest BCUT2D eigenvalue weighted by molar-refractivity contribution is 0.385. The Bertz CT molecular complexity index is 1810. The molecular formula is C24H21ClFN9O3S. The van der Waals surface area contributed by atoms with Gasteiger partial charge in [0.1, 0.15) is 5.82 Å². The number of methoxy groups -OCH3 is 1. The van der Waals surface area contributed by atoms with E-state index in [1.54, 1.807) is 43.4 Å². The molecule has 4 aromatic heterocycles. The Labute approximate surface area is 227 Å². The molecule has 200 valence electrons. The first-order chi connectivity index (χ1) is 18.7. The third-order valence-corrected chi connectivity index (χ3v) is 7.13. The number of nitrogens with zero attached hydrogens (tertiary/aromatic N) is 6. The van der Waals surface area contributed by atoms with Crippen molar-refractivity contribution in [2.75, 3.05) is 29.5 Å². The molecule has 0 bridgehead atoms. The van der Waals surface area contributed by atoms with Gasteiger partial charge in [0.25, 0.3) is 10.0 Å². The number of fused-ring (bicyclic) bond motifs is 1. The first-order valence-electron chi connectivity index (χ1n) is 11.3. The number of benzene rings is 1. The van der Waals surface area contributed by atoms with E-state index in [0.717, 1.165) is 0 Å². The van der Waals surface area contributed by atoms with E-state index in [9.17, 15) is 8.42 Å². The van der Waals surface area contributed by atoms with Crippen LogP contribution in [0.15, 0.2) is 60.0 Å². The van der Waals surface area contributed by atoms with E-state index in [-0.39, 0.29) is 27.0 Å². The highest BCUT2D eigenvalue weighted by Gasteiger charge is 2.24. The number of rotatable bonds is 8. The number of pyridine rings is 2. The molecule has 0 amide bonds. The lowest BCUT2D eigenvalue weighted by Crippen LogP contribution is -2.16. The lowest BCUT2D eigenvalue weighted by atomic mass is 10.0. The first-order valence-corrected chi connectivity index (χ1v) is 13.2. The zero-order valence-electron chi connectivity index (χ0n) is 20.8. The molecule has 0 atom stereocenters. The first kappa shape index (κ1) is 26.1. The van der Waals surface area contributed by atoms with Crippen LogP contribution in [0.3, 0.4) is 0 Å². The summed E-state index contributed by atoms with van der Waals surface area (Å²) in [6.45, 7) is 0. The van der Waals surface area contributed by atoms with Crippen LogP contribution >= 0.6 is 11.6 Å². The maximum atomic E-state index is 15.8. The van der Waals surface area contributed by atoms with Gasteiger partial charge in [-0.3, -0.25) is 9.40 Å². The van der Waals surface area contributed by atoms with E-state index in [1.807, 2.05) is 0 Å². The van der Waals surface area contributed by atoms with Crippen LogP contribution in [0.1, 0.15) is 0 Å². The number of halogens is 2. The lowest BCUT2D eigenvalue weighted by Gasteiger charge is -2.15. The standard InChI is InChI=1S/C24H21ClFN9O3S/c1-27-22-17(7-13-9-29-24(33-21(13)32-22)31-15-11-30-35(2)12-15)16-5-4-6-18(20(16)26)34-39(36,37)19-8-14(25)10-28-23(19)38-3/h4-12,34H,1-3H3,(H2,27,29,31,32,33). The molecule has 0 radical (unpaired) electrons. The van der Waals surface area contributed by atoms with Gasteiger partial charge in [0.2, 0.25) is 11.8 Å². The molecule has 0 aliphatic rings. The van der Waals surface area contributed by atoms with Crippen LogP contribution in [0.25, 0.3) is 22.2 Å². The number of aryl methyl sites for hydroxylation is 1. The van der Waals surface area contributed by atoms with E-state index in [4.69, 9.17) is 16.3 Å². The molecule has 0 saturated heterocycles. The quantitative estimate of drug-likeness (QED) is 0.248. The molecule has 3 N–H and O–H groups in total. The van der Waals surface area contributed by atoms with E-state index in [2.05, 4.69) is 40.4 Å². The molecule has 39 heavy (non-hydrogen) atoms. The highest BCUT2D eigenvalue weighted by Crippen LogP contribution is 2.35. The van der Waals surface area contributed by atoms with Crippen LogP contribution in [0.2, 0.25) is 5.02 Å². The number of aromatic nitrogens is 6. The second kappa shape index (κ2) is 10.3. The van der Waals surface area contributed by atoms with E-state index < -0.39 is 15.8 Å². The molecule has 0 aliphatic heterocycles. The molecule has 0 unspecified atom stereocenters. The fourth-order valence-electron chi connectivity index (χ4n) is 3.81. The fourth-order valence-corrected chi connectivity index (χ4v) is 5.23. The summed E-state index contributed by atoms with van der Waals surface area (Å²) in [5, 5.41) is 10.7. The summed E-state index contributed by atoms with van der Waals surface area (Å²) in [6, 6.07) is 7.17. The number of ether oxygens (including phenoxy) is 1. The van der Waals surface area contributed by atoms with Crippen LogP contribution in [0.4, 0.5) is 27.5 Å². The largest absolute Gasteiger partial charge is 0.480 e. The Kier molecular flexibility index (Phi) is 6.89. The van der Waals surface area contributed by atoms with Gasteiger partial charge in [-0.1, -0.05) is 23.7 Å². The van der Waals surface area contributed by atoms with Gasteiger partial charge >= 0.3 is 0 Å². The summed E-state index contributed by atoms with van der Waals surface area (Å²) in [5.41, 5.74) is 1.26. The Morgan fingerprint density at radius 2 is 1.90 bits per heavy atom. The monoisotopic (exact) mass is 569 g/mol. The summed E-state index contributed by atoms with van der Waals surface area (Å²) < 4.78 is 50.9. The number of anilines is 4. The minimum atomic E-state index is -4.31. The maximum absolute atomic E-state index is 15.8. The van der Waals surface area contributed by atoms with Crippen LogP contribution in [-0.2, 0) is 17.1 Å². The smallest absolute Gasteiger partial charge is 0.267 e. The second-order valence-electron chi connectivity index (χ2n) is 8.20. The summed E-state index contributed by atoms with van der Waals surface area (Å²) in [6.07, 6.45) is 6.20. The van der Waals surface area contributed by atoms with Gasteiger partial charge in [-0.25, -0.2) is 27.8 Å². The topological polar surface area (TPSA) is 149 Å². The van der Waals surface area contributed by atoms with Gasteiger partial charge in [-0.05, 0) is 18.2 Å². The minimum Gasteiger partial charge on any atom is -0.480 e. The van der Waals surface area contributed by atoms with Crippen LogP contribution < -0.4 is 20.1 Å². The van der Waals surface area contributed by atoms with Crippen LogP contribution in [-0.4, -0.2) is 52.3 Å². The molecule has 5 rings (SSSR count). The molecule has 15 heteroatoms. The van der Waals surface area contributed by atoms with Crippen molar-refractivity contribution in [2.45, 2.75) is 4.90 Å². The number of hydrogen-bond acceptors (Lipinski definition) is 10. The van der Waals surface area contributed by atoms with E-state index in [0.29, 0.717) is 34.1 Å². The highest BCUT2D eigenvalue weighted by molar-refractivity contribution is 7.92. The van der Waals surface area contributed by atoms with Gasteiger partial charge in [0.15, 0.2) is 16.4 Å². The molecule has 4 heterocycles. The Balaban J connectivity index is 1.52.